The van der Waals surface area contributed by atoms with E-state index < -0.39 is 10.0 Å². The first-order valence-electron chi connectivity index (χ1n) is 8.20. The van der Waals surface area contributed by atoms with E-state index in [0.717, 1.165) is 10.8 Å². The van der Waals surface area contributed by atoms with Crippen molar-refractivity contribution in [1.82, 2.24) is 4.72 Å². The van der Waals surface area contributed by atoms with Gasteiger partial charge in [-0.3, -0.25) is 0 Å². The summed E-state index contributed by atoms with van der Waals surface area (Å²) in [6, 6.07) is 21.6. The van der Waals surface area contributed by atoms with E-state index in [-0.39, 0.29) is 11.4 Å². The van der Waals surface area contributed by atoms with Crippen LogP contribution in [-0.2, 0) is 10.0 Å². The zero-order chi connectivity index (χ0) is 18.4. The maximum absolute atomic E-state index is 12.4. The van der Waals surface area contributed by atoms with Gasteiger partial charge in [0.1, 0.15) is 5.75 Å². The molecule has 0 aliphatic carbocycles. The predicted octanol–water partition coefficient (Wildman–Crippen LogP) is 3.46. The van der Waals surface area contributed by atoms with Gasteiger partial charge in [-0.1, -0.05) is 36.4 Å². The lowest BCUT2D eigenvalue weighted by Crippen LogP contribution is -2.25. The Morgan fingerprint density at radius 2 is 1.77 bits per heavy atom. The summed E-state index contributed by atoms with van der Waals surface area (Å²) in [6.07, 6.45) is 0.517. The SMILES string of the molecule is N#Cc1cccc(OCCCNS(=O)(=O)c2ccc3ccccc3c2)c1. The molecular formula is C20H18N2O3S. The molecule has 0 saturated carbocycles. The lowest BCUT2D eigenvalue weighted by molar-refractivity contribution is 0.311. The van der Waals surface area contributed by atoms with E-state index in [9.17, 15) is 8.42 Å². The first kappa shape index (κ1) is 17.9. The second kappa shape index (κ2) is 8.00. The van der Waals surface area contributed by atoms with Crippen molar-refractivity contribution in [2.45, 2.75) is 11.3 Å². The molecule has 3 aromatic rings. The molecule has 3 aromatic carbocycles. The summed E-state index contributed by atoms with van der Waals surface area (Å²) in [5.41, 5.74) is 0.527. The summed E-state index contributed by atoms with van der Waals surface area (Å²) in [4.78, 5) is 0.249. The molecule has 0 fully saturated rings. The minimum Gasteiger partial charge on any atom is -0.494 e. The highest BCUT2D eigenvalue weighted by Gasteiger charge is 2.13. The van der Waals surface area contributed by atoms with E-state index in [1.54, 1.807) is 42.5 Å². The number of hydrogen-bond acceptors (Lipinski definition) is 4. The molecule has 0 aliphatic rings. The van der Waals surface area contributed by atoms with Crippen LogP contribution in [0.1, 0.15) is 12.0 Å². The van der Waals surface area contributed by atoms with E-state index in [4.69, 9.17) is 10.00 Å². The largest absolute Gasteiger partial charge is 0.494 e. The number of rotatable bonds is 7. The molecule has 3 rings (SSSR count). The molecule has 0 spiro atoms. The quantitative estimate of drug-likeness (QED) is 0.650. The zero-order valence-electron chi connectivity index (χ0n) is 14.1. The molecule has 0 heterocycles. The van der Waals surface area contributed by atoms with Gasteiger partial charge < -0.3 is 4.74 Å². The number of benzene rings is 3. The highest BCUT2D eigenvalue weighted by atomic mass is 32.2. The number of nitriles is 1. The number of sulfonamides is 1. The van der Waals surface area contributed by atoms with Crippen molar-refractivity contribution in [3.05, 3.63) is 72.3 Å². The number of fused-ring (bicyclic) bond motifs is 1. The van der Waals surface area contributed by atoms with Crippen LogP contribution in [0.2, 0.25) is 0 Å². The first-order chi connectivity index (χ1) is 12.6. The topological polar surface area (TPSA) is 79.2 Å². The van der Waals surface area contributed by atoms with Crippen LogP contribution in [0.4, 0.5) is 0 Å². The molecule has 0 saturated heterocycles. The van der Waals surface area contributed by atoms with E-state index >= 15 is 0 Å². The third kappa shape index (κ3) is 4.39. The Balaban J connectivity index is 1.53. The Morgan fingerprint density at radius 3 is 2.58 bits per heavy atom. The monoisotopic (exact) mass is 366 g/mol. The van der Waals surface area contributed by atoms with Gasteiger partial charge in [0.25, 0.3) is 0 Å². The van der Waals surface area contributed by atoms with Gasteiger partial charge in [0.15, 0.2) is 0 Å². The van der Waals surface area contributed by atoms with E-state index in [0.29, 0.717) is 24.3 Å². The fourth-order valence-corrected chi connectivity index (χ4v) is 3.65. The average Bonchev–Trinajstić information content (AvgIpc) is 2.67. The van der Waals surface area contributed by atoms with Crippen LogP contribution in [0.5, 0.6) is 5.75 Å². The normalized spacial score (nSPS) is 11.2. The lowest BCUT2D eigenvalue weighted by Gasteiger charge is -2.09. The van der Waals surface area contributed by atoms with Crippen LogP contribution in [0.15, 0.2) is 71.6 Å². The molecule has 0 aliphatic heterocycles. The molecule has 0 radical (unpaired) electrons. The Bertz CT molecular complexity index is 1060. The average molecular weight is 366 g/mol. The van der Waals surface area contributed by atoms with Crippen LogP contribution in [0.25, 0.3) is 10.8 Å². The Hall–Kier alpha value is -2.88. The van der Waals surface area contributed by atoms with Crippen molar-refractivity contribution in [2.24, 2.45) is 0 Å². The third-order valence-electron chi connectivity index (χ3n) is 3.88. The highest BCUT2D eigenvalue weighted by Crippen LogP contribution is 2.18. The molecule has 5 nitrogen and oxygen atoms in total. The van der Waals surface area contributed by atoms with Crippen LogP contribution in [-0.4, -0.2) is 21.6 Å². The summed E-state index contributed by atoms with van der Waals surface area (Å²) in [7, 11) is -3.56. The molecule has 0 amide bonds. The van der Waals surface area contributed by atoms with Gasteiger partial charge >= 0.3 is 0 Å². The molecule has 6 heteroatoms. The molecular weight excluding hydrogens is 348 g/mol. The fraction of sp³-hybridized carbons (Fsp3) is 0.150. The van der Waals surface area contributed by atoms with Gasteiger partial charge in [-0.25, -0.2) is 13.1 Å². The first-order valence-corrected chi connectivity index (χ1v) is 9.68. The summed E-state index contributed by atoms with van der Waals surface area (Å²) in [5.74, 6) is 0.599. The summed E-state index contributed by atoms with van der Waals surface area (Å²) < 4.78 is 32.9. The molecule has 0 atom stereocenters. The maximum Gasteiger partial charge on any atom is 0.240 e. The lowest BCUT2D eigenvalue weighted by atomic mass is 10.1. The van der Waals surface area contributed by atoms with Gasteiger partial charge in [-0.15, -0.1) is 0 Å². The number of ether oxygens (including phenoxy) is 1. The second-order valence-corrected chi connectivity index (χ2v) is 7.52. The Kier molecular flexibility index (Phi) is 5.52. The number of nitrogens with zero attached hydrogens (tertiary/aromatic N) is 1. The molecule has 132 valence electrons. The molecule has 0 aromatic heterocycles. The summed E-state index contributed by atoms with van der Waals surface area (Å²) in [6.45, 7) is 0.627. The third-order valence-corrected chi connectivity index (χ3v) is 5.33. The van der Waals surface area contributed by atoms with Crippen molar-refractivity contribution in [3.8, 4) is 11.8 Å². The van der Waals surface area contributed by atoms with Crippen molar-refractivity contribution >= 4 is 20.8 Å². The van der Waals surface area contributed by atoms with Crippen LogP contribution < -0.4 is 9.46 Å². The van der Waals surface area contributed by atoms with Crippen molar-refractivity contribution in [1.29, 1.82) is 5.26 Å². The minimum absolute atomic E-state index is 0.249. The summed E-state index contributed by atoms with van der Waals surface area (Å²) in [5, 5.41) is 10.7. The minimum atomic E-state index is -3.56. The Morgan fingerprint density at radius 1 is 0.962 bits per heavy atom. The Labute approximate surface area is 152 Å². The van der Waals surface area contributed by atoms with Gasteiger partial charge in [-0.05, 0) is 47.5 Å². The number of nitrogens with one attached hydrogen (secondary N) is 1. The standard InChI is InChI=1S/C20H18N2O3S/c21-15-16-5-3-8-19(13-16)25-12-4-11-22-26(23,24)20-10-9-17-6-1-2-7-18(17)14-20/h1-3,5-10,13-14,22H,4,11-12H2. The zero-order valence-corrected chi connectivity index (χ0v) is 14.9. The van der Waals surface area contributed by atoms with Crippen LogP contribution in [0, 0.1) is 11.3 Å². The van der Waals surface area contributed by atoms with Gasteiger partial charge in [0.05, 0.1) is 23.1 Å². The van der Waals surface area contributed by atoms with Gasteiger partial charge in [-0.2, -0.15) is 5.26 Å². The maximum atomic E-state index is 12.4. The van der Waals surface area contributed by atoms with Crippen LogP contribution in [0.3, 0.4) is 0 Å². The fourth-order valence-electron chi connectivity index (χ4n) is 2.54. The van der Waals surface area contributed by atoms with E-state index in [2.05, 4.69) is 4.72 Å². The molecule has 0 unspecified atom stereocenters. The van der Waals surface area contributed by atoms with Crippen LogP contribution >= 0.6 is 0 Å². The highest BCUT2D eigenvalue weighted by molar-refractivity contribution is 7.89. The summed E-state index contributed by atoms with van der Waals surface area (Å²) >= 11 is 0. The van der Waals surface area contributed by atoms with E-state index in [1.807, 2.05) is 30.3 Å². The molecule has 26 heavy (non-hydrogen) atoms. The van der Waals surface area contributed by atoms with Crippen molar-refractivity contribution in [3.63, 3.8) is 0 Å². The van der Waals surface area contributed by atoms with Crippen molar-refractivity contribution in [2.75, 3.05) is 13.2 Å². The van der Waals surface area contributed by atoms with E-state index in [1.165, 1.54) is 0 Å². The smallest absolute Gasteiger partial charge is 0.240 e. The predicted molar refractivity (Wildman–Crippen MR) is 100 cm³/mol. The molecule has 1 N–H and O–H groups in total. The van der Waals surface area contributed by atoms with Gasteiger partial charge in [0.2, 0.25) is 10.0 Å². The molecule has 0 bridgehead atoms. The number of hydrogen-bond donors (Lipinski definition) is 1. The van der Waals surface area contributed by atoms with Gasteiger partial charge in [0, 0.05) is 6.54 Å². The van der Waals surface area contributed by atoms with Crippen molar-refractivity contribution < 1.29 is 13.2 Å². The second-order valence-electron chi connectivity index (χ2n) is 5.75.